The average Bonchev–Trinajstić information content (AvgIpc) is 2.63. The van der Waals surface area contributed by atoms with E-state index in [1.165, 1.54) is 31.3 Å². The van der Waals surface area contributed by atoms with E-state index in [2.05, 4.69) is 32.3 Å². The van der Waals surface area contributed by atoms with E-state index in [1.54, 1.807) is 12.3 Å². The van der Waals surface area contributed by atoms with Crippen LogP contribution in [0.3, 0.4) is 0 Å². The molecule has 0 aliphatic carbocycles. The van der Waals surface area contributed by atoms with Gasteiger partial charge in [-0.05, 0) is 49.9 Å². The lowest BCUT2D eigenvalue weighted by Crippen LogP contribution is -2.29. The van der Waals surface area contributed by atoms with Gasteiger partial charge in [0.05, 0.1) is 5.92 Å². The van der Waals surface area contributed by atoms with Gasteiger partial charge in [-0.1, -0.05) is 12.1 Å². The number of nitrogens with zero attached hydrogens (tertiary/aromatic N) is 3. The van der Waals surface area contributed by atoms with E-state index in [9.17, 15) is 4.79 Å². The molecule has 1 aromatic heterocycles. The predicted octanol–water partition coefficient (Wildman–Crippen LogP) is 3.21. The van der Waals surface area contributed by atoms with Gasteiger partial charge in [-0.15, -0.1) is 0 Å². The van der Waals surface area contributed by atoms with E-state index in [0.29, 0.717) is 5.82 Å². The Kier molecular flexibility index (Phi) is 4.86. The molecule has 1 fully saturated rings. The zero-order chi connectivity index (χ0) is 16.1. The second kappa shape index (κ2) is 7.22. The van der Waals surface area contributed by atoms with E-state index >= 15 is 0 Å². The van der Waals surface area contributed by atoms with Gasteiger partial charge in [0.1, 0.15) is 12.1 Å². The number of benzene rings is 1. The highest BCUT2D eigenvalue weighted by Gasteiger charge is 2.17. The minimum atomic E-state index is -0.222. The molecule has 1 atom stereocenters. The van der Waals surface area contributed by atoms with Crippen LogP contribution in [-0.4, -0.2) is 29.0 Å². The Balaban J connectivity index is 1.65. The number of carbonyl (C=O) groups is 1. The van der Waals surface area contributed by atoms with Crippen molar-refractivity contribution < 1.29 is 4.79 Å². The van der Waals surface area contributed by atoms with Gasteiger partial charge >= 0.3 is 0 Å². The normalized spacial score (nSPS) is 16.0. The highest BCUT2D eigenvalue weighted by atomic mass is 16.1. The minimum absolute atomic E-state index is 0.0607. The molecule has 1 unspecified atom stereocenters. The smallest absolute Gasteiger partial charge is 0.232 e. The van der Waals surface area contributed by atoms with Gasteiger partial charge in [0.2, 0.25) is 5.91 Å². The van der Waals surface area contributed by atoms with Gasteiger partial charge in [0, 0.05) is 25.0 Å². The number of amides is 1. The Morgan fingerprint density at radius 2 is 1.87 bits per heavy atom. The maximum absolute atomic E-state index is 12.3. The van der Waals surface area contributed by atoms with Gasteiger partial charge in [0.25, 0.3) is 0 Å². The van der Waals surface area contributed by atoms with Crippen LogP contribution < -0.4 is 10.2 Å². The molecule has 120 valence electrons. The fraction of sp³-hybridized carbons (Fsp3) is 0.389. The number of hydrogen-bond donors (Lipinski definition) is 1. The van der Waals surface area contributed by atoms with Crippen LogP contribution in [0.25, 0.3) is 0 Å². The third-order valence-corrected chi connectivity index (χ3v) is 4.34. The summed E-state index contributed by atoms with van der Waals surface area (Å²) in [6.45, 7) is 4.17. The number of piperidine rings is 1. The van der Waals surface area contributed by atoms with Gasteiger partial charge in [0.15, 0.2) is 0 Å². The molecule has 2 aromatic rings. The lowest BCUT2D eigenvalue weighted by molar-refractivity contribution is -0.117. The Bertz CT molecular complexity index is 636. The van der Waals surface area contributed by atoms with Crippen molar-refractivity contribution in [2.75, 3.05) is 23.3 Å². The molecular weight excluding hydrogens is 288 g/mol. The molecule has 0 radical (unpaired) electrons. The first-order chi connectivity index (χ1) is 11.2. The summed E-state index contributed by atoms with van der Waals surface area (Å²) in [5.41, 5.74) is 2.26. The van der Waals surface area contributed by atoms with E-state index in [4.69, 9.17) is 0 Å². The molecule has 1 N–H and O–H groups in total. The lowest BCUT2D eigenvalue weighted by Gasteiger charge is -2.29. The summed E-state index contributed by atoms with van der Waals surface area (Å²) >= 11 is 0. The number of hydrogen-bond acceptors (Lipinski definition) is 4. The van der Waals surface area contributed by atoms with E-state index in [1.807, 2.05) is 19.1 Å². The molecule has 1 aromatic carbocycles. The van der Waals surface area contributed by atoms with Crippen molar-refractivity contribution in [3.8, 4) is 0 Å². The van der Waals surface area contributed by atoms with Crippen LogP contribution in [0.1, 0.15) is 37.7 Å². The Morgan fingerprint density at radius 1 is 1.13 bits per heavy atom. The first-order valence-corrected chi connectivity index (χ1v) is 8.16. The van der Waals surface area contributed by atoms with Crippen LogP contribution in [-0.2, 0) is 4.79 Å². The Labute approximate surface area is 136 Å². The zero-order valence-corrected chi connectivity index (χ0v) is 13.4. The van der Waals surface area contributed by atoms with Crippen molar-refractivity contribution in [2.24, 2.45) is 0 Å². The van der Waals surface area contributed by atoms with Crippen LogP contribution in [0.15, 0.2) is 42.9 Å². The van der Waals surface area contributed by atoms with Gasteiger partial charge in [-0.3, -0.25) is 4.79 Å². The molecule has 1 amide bonds. The van der Waals surface area contributed by atoms with Gasteiger partial charge < -0.3 is 10.2 Å². The minimum Gasteiger partial charge on any atom is -0.372 e. The molecule has 0 bridgehead atoms. The third-order valence-electron chi connectivity index (χ3n) is 4.34. The summed E-state index contributed by atoms with van der Waals surface area (Å²) in [4.78, 5) is 22.6. The van der Waals surface area contributed by atoms with Crippen molar-refractivity contribution >= 4 is 17.4 Å². The predicted molar refractivity (Wildman–Crippen MR) is 91.6 cm³/mol. The van der Waals surface area contributed by atoms with Gasteiger partial charge in [-0.25, -0.2) is 9.97 Å². The van der Waals surface area contributed by atoms with Crippen molar-refractivity contribution in [2.45, 2.75) is 32.1 Å². The molecule has 5 nitrogen and oxygen atoms in total. The van der Waals surface area contributed by atoms with Crippen LogP contribution in [0.2, 0.25) is 0 Å². The fourth-order valence-electron chi connectivity index (χ4n) is 2.88. The Hall–Kier alpha value is -2.43. The maximum atomic E-state index is 12.3. The summed E-state index contributed by atoms with van der Waals surface area (Å²) in [7, 11) is 0. The molecule has 0 spiro atoms. The Morgan fingerprint density at radius 3 is 2.52 bits per heavy atom. The maximum Gasteiger partial charge on any atom is 0.232 e. The quantitative estimate of drug-likeness (QED) is 0.942. The van der Waals surface area contributed by atoms with E-state index in [-0.39, 0.29) is 11.8 Å². The highest BCUT2D eigenvalue weighted by Crippen LogP contribution is 2.23. The third kappa shape index (κ3) is 3.86. The lowest BCUT2D eigenvalue weighted by atomic mass is 9.99. The molecule has 5 heteroatoms. The summed E-state index contributed by atoms with van der Waals surface area (Å²) < 4.78 is 0. The summed E-state index contributed by atoms with van der Waals surface area (Å²) in [5.74, 6) is 0.247. The summed E-state index contributed by atoms with van der Waals surface area (Å²) in [6, 6.07) is 10.0. The van der Waals surface area contributed by atoms with E-state index < -0.39 is 0 Å². The SMILES string of the molecule is CC(C(=O)Nc1ccncn1)c1ccc(N2CCCCC2)cc1. The fourth-order valence-corrected chi connectivity index (χ4v) is 2.88. The molecule has 3 rings (SSSR count). The average molecular weight is 310 g/mol. The molecule has 23 heavy (non-hydrogen) atoms. The standard InChI is InChI=1S/C18H22N4O/c1-14(18(23)21-17-9-10-19-13-20-17)15-5-7-16(8-6-15)22-11-3-2-4-12-22/h5-10,13-14H,2-4,11-12H2,1H3,(H,19,20,21,23). The van der Waals surface area contributed by atoms with Crippen molar-refractivity contribution in [1.29, 1.82) is 0 Å². The molecule has 0 saturated carbocycles. The number of nitrogens with one attached hydrogen (secondary N) is 1. The van der Waals surface area contributed by atoms with Crippen LogP contribution in [0.4, 0.5) is 11.5 Å². The van der Waals surface area contributed by atoms with E-state index in [0.717, 1.165) is 18.7 Å². The first kappa shape index (κ1) is 15.5. The van der Waals surface area contributed by atoms with Crippen LogP contribution >= 0.6 is 0 Å². The first-order valence-electron chi connectivity index (χ1n) is 8.16. The number of aromatic nitrogens is 2. The van der Waals surface area contributed by atoms with Crippen molar-refractivity contribution in [3.05, 3.63) is 48.4 Å². The summed E-state index contributed by atoms with van der Waals surface area (Å²) in [6.07, 6.45) is 6.89. The molecule has 1 saturated heterocycles. The summed E-state index contributed by atoms with van der Waals surface area (Å²) in [5, 5.41) is 2.82. The number of anilines is 2. The monoisotopic (exact) mass is 310 g/mol. The molecular formula is C18H22N4O. The molecule has 1 aliphatic heterocycles. The number of carbonyl (C=O) groups excluding carboxylic acids is 1. The topological polar surface area (TPSA) is 58.1 Å². The second-order valence-corrected chi connectivity index (χ2v) is 5.94. The highest BCUT2D eigenvalue weighted by molar-refractivity contribution is 5.94. The van der Waals surface area contributed by atoms with Gasteiger partial charge in [-0.2, -0.15) is 0 Å². The second-order valence-electron chi connectivity index (χ2n) is 5.94. The van der Waals surface area contributed by atoms with Crippen molar-refractivity contribution in [1.82, 2.24) is 9.97 Å². The zero-order valence-electron chi connectivity index (χ0n) is 13.4. The van der Waals surface area contributed by atoms with Crippen molar-refractivity contribution in [3.63, 3.8) is 0 Å². The van der Waals surface area contributed by atoms with Crippen LogP contribution in [0, 0.1) is 0 Å². The molecule has 2 heterocycles. The molecule has 1 aliphatic rings. The number of rotatable bonds is 4. The largest absolute Gasteiger partial charge is 0.372 e. The van der Waals surface area contributed by atoms with Crippen LogP contribution in [0.5, 0.6) is 0 Å².